The van der Waals surface area contributed by atoms with Gasteiger partial charge in [0, 0.05) is 42.7 Å². The van der Waals surface area contributed by atoms with Crippen molar-refractivity contribution >= 4 is 0 Å². The third-order valence-corrected chi connectivity index (χ3v) is 0. The minimum Gasteiger partial charge on any atom is -0.400 e. The number of hydrogen-bond acceptors (Lipinski definition) is 12. The molecule has 168 valence electrons. The second-order valence-corrected chi connectivity index (χ2v) is 0. The standard InChI is InChI=1S/6CH5N.6CH4O/c12*1-2/h6*2H2,1H3;6*2H,1H3. The lowest BCUT2D eigenvalue weighted by Gasteiger charge is -1.21. The molecule has 12 heteroatoms. The second kappa shape index (κ2) is 45300. The highest BCUT2D eigenvalue weighted by Crippen LogP contribution is 0.765. The van der Waals surface area contributed by atoms with Gasteiger partial charge in [-0.05, 0) is 42.3 Å². The van der Waals surface area contributed by atoms with Gasteiger partial charge in [-0.2, -0.15) is 0 Å². The van der Waals surface area contributed by atoms with Crippen molar-refractivity contribution in [1.29, 1.82) is 0 Å². The number of aliphatic hydroxyl groups excluding tert-OH is 6. The van der Waals surface area contributed by atoms with Crippen molar-refractivity contribution < 1.29 is 30.6 Å². The summed E-state index contributed by atoms with van der Waals surface area (Å²) in [6.07, 6.45) is 0. The molecule has 24 heavy (non-hydrogen) atoms. The van der Waals surface area contributed by atoms with Crippen molar-refractivity contribution in [2.45, 2.75) is 0 Å². The highest BCUT2D eigenvalue weighted by atomic mass is 16.2. The molecule has 0 saturated carbocycles. The SMILES string of the molecule is CN.CN.CN.CN.CN.CN.CO.CO.CO.CO.CO.CO. The highest BCUT2D eigenvalue weighted by molar-refractivity contribution is 3.55. The summed E-state index contributed by atoms with van der Waals surface area (Å²) < 4.78 is 0. The second-order valence-electron chi connectivity index (χ2n) is 0. The third-order valence-electron chi connectivity index (χ3n) is 0. The van der Waals surface area contributed by atoms with Gasteiger partial charge >= 0.3 is 0 Å². The van der Waals surface area contributed by atoms with E-state index in [1.54, 1.807) is 0 Å². The van der Waals surface area contributed by atoms with Crippen molar-refractivity contribution in [3.8, 4) is 0 Å². The summed E-state index contributed by atoms with van der Waals surface area (Å²) in [5.41, 5.74) is 27.0. The van der Waals surface area contributed by atoms with E-state index in [1.807, 2.05) is 0 Å². The molecule has 0 aromatic heterocycles. The summed E-state index contributed by atoms with van der Waals surface area (Å²) in [4.78, 5) is 0. The Hall–Kier alpha value is -0.480. The van der Waals surface area contributed by atoms with Crippen molar-refractivity contribution in [3.63, 3.8) is 0 Å². The van der Waals surface area contributed by atoms with E-state index in [9.17, 15) is 0 Å². The van der Waals surface area contributed by atoms with Crippen LogP contribution in [0.3, 0.4) is 0 Å². The maximum absolute atomic E-state index is 7.00. The first-order valence-corrected chi connectivity index (χ1v) is 6.15. The Morgan fingerprint density at radius 1 is 0.208 bits per heavy atom. The van der Waals surface area contributed by atoms with E-state index >= 15 is 0 Å². The summed E-state index contributed by atoms with van der Waals surface area (Å²) in [6, 6.07) is 0. The Balaban J connectivity index is -0.00000000655. The molecule has 0 aromatic carbocycles. The van der Waals surface area contributed by atoms with E-state index in [1.165, 1.54) is 42.3 Å². The van der Waals surface area contributed by atoms with Crippen LogP contribution in [0.15, 0.2) is 0 Å². The normalized spacial score (nSPS) is 3.00. The van der Waals surface area contributed by atoms with Gasteiger partial charge in [0.1, 0.15) is 0 Å². The van der Waals surface area contributed by atoms with E-state index < -0.39 is 0 Å². The van der Waals surface area contributed by atoms with E-state index in [-0.39, 0.29) is 0 Å². The molecule has 0 bridgehead atoms. The molecule has 0 amide bonds. The van der Waals surface area contributed by atoms with Crippen LogP contribution in [-0.4, -0.2) is 116 Å². The first-order valence-electron chi connectivity index (χ1n) is 6.15. The van der Waals surface area contributed by atoms with Crippen molar-refractivity contribution in [2.75, 3.05) is 84.9 Å². The molecule has 0 aromatic rings. The lowest BCUT2D eigenvalue weighted by atomic mass is 11.6. The van der Waals surface area contributed by atoms with Gasteiger partial charge in [0.25, 0.3) is 0 Å². The number of aliphatic hydroxyl groups is 6. The number of nitrogens with two attached hydrogens (primary N) is 6. The van der Waals surface area contributed by atoms with Crippen LogP contribution >= 0.6 is 0 Å². The Bertz CT molecular complexity index is 36.0. The first kappa shape index (κ1) is 89.9. The predicted octanol–water partition coefficient (Wildman–Crippen LogP) is -4.90. The van der Waals surface area contributed by atoms with Gasteiger partial charge in [-0.3, -0.25) is 0 Å². The fraction of sp³-hybridized carbons (Fsp3) is 1.00. The van der Waals surface area contributed by atoms with Crippen LogP contribution in [0.25, 0.3) is 0 Å². The van der Waals surface area contributed by atoms with E-state index in [0.717, 1.165) is 42.7 Å². The van der Waals surface area contributed by atoms with Crippen molar-refractivity contribution in [2.24, 2.45) is 34.4 Å². The molecule has 0 rings (SSSR count). The lowest BCUT2D eigenvalue weighted by Crippen LogP contribution is -1.69. The smallest absolute Gasteiger partial charge is 0.0319 e. The molecule has 0 heterocycles. The minimum atomic E-state index is 1.00. The number of rotatable bonds is 0. The minimum absolute atomic E-state index is 1.00. The fourth-order valence-electron chi connectivity index (χ4n) is 0. The summed E-state index contributed by atoms with van der Waals surface area (Å²) in [7, 11) is 15.0. The van der Waals surface area contributed by atoms with Gasteiger partial charge in [0.15, 0.2) is 0 Å². The fourth-order valence-corrected chi connectivity index (χ4v) is 0. The molecule has 18 N–H and O–H groups in total. The average molecular weight is 379 g/mol. The van der Waals surface area contributed by atoms with Crippen LogP contribution in [0.1, 0.15) is 0 Å². The Morgan fingerprint density at radius 3 is 0.208 bits per heavy atom. The lowest BCUT2D eigenvalue weighted by molar-refractivity contribution is 0.399. The molecule has 0 unspecified atom stereocenters. The zero-order valence-electron chi connectivity index (χ0n) is 18.1. The molecule has 0 aliphatic rings. The summed E-state index contributed by atoms with van der Waals surface area (Å²) in [6.45, 7) is 0. The van der Waals surface area contributed by atoms with Gasteiger partial charge in [0.2, 0.25) is 0 Å². The average Bonchev–Trinajstić information content (AvgIpc) is 2.84. The zero-order chi connectivity index (χ0) is 24.0. The molecule has 0 fully saturated rings. The summed E-state index contributed by atoms with van der Waals surface area (Å²) >= 11 is 0. The van der Waals surface area contributed by atoms with Crippen LogP contribution in [0.2, 0.25) is 0 Å². The van der Waals surface area contributed by atoms with Crippen LogP contribution in [0.5, 0.6) is 0 Å². The quantitative estimate of drug-likeness (QED) is 0.189. The van der Waals surface area contributed by atoms with E-state index in [0.29, 0.717) is 0 Å². The van der Waals surface area contributed by atoms with Crippen molar-refractivity contribution in [1.82, 2.24) is 0 Å². The predicted molar refractivity (Wildman–Crippen MR) is 110 cm³/mol. The maximum atomic E-state index is 7.00. The highest BCUT2D eigenvalue weighted by Gasteiger charge is 0.859. The Morgan fingerprint density at radius 2 is 0.208 bits per heavy atom. The topological polar surface area (TPSA) is 278 Å². The maximum Gasteiger partial charge on any atom is 0.0319 e. The molecular weight excluding hydrogens is 324 g/mol. The molecule has 0 saturated heterocycles. The van der Waals surface area contributed by atoms with Gasteiger partial charge in [0.05, 0.1) is 0 Å². The molecule has 0 atom stereocenters. The summed E-state index contributed by atoms with van der Waals surface area (Å²) in [5.74, 6) is 0. The van der Waals surface area contributed by atoms with Crippen LogP contribution < -0.4 is 34.4 Å². The van der Waals surface area contributed by atoms with Gasteiger partial charge in [-0.25, -0.2) is 0 Å². The molecule has 0 aliphatic carbocycles. The van der Waals surface area contributed by atoms with Crippen LogP contribution in [0, 0.1) is 0 Å². The van der Waals surface area contributed by atoms with E-state index in [4.69, 9.17) is 30.6 Å². The van der Waals surface area contributed by atoms with Crippen LogP contribution in [-0.2, 0) is 0 Å². The Kier molecular flexibility index (Phi) is 170000. The van der Waals surface area contributed by atoms with Crippen molar-refractivity contribution in [3.05, 3.63) is 0 Å². The largest absolute Gasteiger partial charge is 0.400 e. The summed E-state index contributed by atoms with van der Waals surface area (Å²) in [5, 5.41) is 42.0. The molecule has 0 radical (unpaired) electrons. The molecule has 12 nitrogen and oxygen atoms in total. The third kappa shape index (κ3) is 39300. The molecular formula is C12H54N6O6. The van der Waals surface area contributed by atoms with Gasteiger partial charge in [-0.15, -0.1) is 0 Å². The van der Waals surface area contributed by atoms with Crippen LogP contribution in [0.4, 0.5) is 0 Å². The van der Waals surface area contributed by atoms with Gasteiger partial charge < -0.3 is 65.0 Å². The molecule has 0 spiro atoms. The van der Waals surface area contributed by atoms with E-state index in [2.05, 4.69) is 34.4 Å². The molecule has 0 aliphatic heterocycles. The monoisotopic (exact) mass is 378 g/mol. The zero-order valence-corrected chi connectivity index (χ0v) is 18.1. The Labute approximate surface area is 151 Å². The first-order chi connectivity index (χ1) is 12.0. The number of hydrogen-bond donors (Lipinski definition) is 12. The van der Waals surface area contributed by atoms with Gasteiger partial charge in [-0.1, -0.05) is 0 Å².